The van der Waals surface area contributed by atoms with Crippen LogP contribution < -0.4 is 10.5 Å². The number of nitrogens with zero attached hydrogens (tertiary/aromatic N) is 2. The molecule has 86 valence electrons. The maximum absolute atomic E-state index is 9.19. The van der Waals surface area contributed by atoms with Gasteiger partial charge in [0.2, 0.25) is 0 Å². The third kappa shape index (κ3) is 4.57. The highest BCUT2D eigenvalue weighted by Gasteiger charge is 2.06. The Morgan fingerprint density at radius 1 is 1.67 bits per heavy atom. The summed E-state index contributed by atoms with van der Waals surface area (Å²) in [4.78, 5) is 7.29. The van der Waals surface area contributed by atoms with E-state index in [1.54, 1.807) is 6.20 Å². The topological polar surface area (TPSA) is 71.6 Å². The van der Waals surface area contributed by atoms with Gasteiger partial charge in [0, 0.05) is 24.2 Å². The molecule has 1 rings (SSSR count). The van der Waals surface area contributed by atoms with Gasteiger partial charge in [0.15, 0.2) is 0 Å². The Kier molecular flexibility index (Phi) is 4.97. The predicted octanol–water partition coefficient (Wildman–Crippen LogP) is -0.0969. The molecule has 1 unspecified atom stereocenters. The van der Waals surface area contributed by atoms with Gasteiger partial charge in [-0.15, -0.1) is 0 Å². The van der Waals surface area contributed by atoms with E-state index in [4.69, 9.17) is 10.5 Å². The van der Waals surface area contributed by atoms with Crippen LogP contribution in [0, 0.1) is 0 Å². The summed E-state index contributed by atoms with van der Waals surface area (Å²) in [5.41, 5.74) is 5.25. The molecule has 15 heavy (non-hydrogen) atoms. The summed E-state index contributed by atoms with van der Waals surface area (Å²) in [6.45, 7) is 1.25. The van der Waals surface area contributed by atoms with Gasteiger partial charge >= 0.3 is 0 Å². The molecule has 0 saturated carbocycles. The molecule has 0 bridgehead atoms. The largest absolute Gasteiger partial charge is 0.467 e. The van der Waals surface area contributed by atoms with E-state index in [-0.39, 0.29) is 13.2 Å². The molecule has 3 N–H and O–H groups in total. The summed E-state index contributed by atoms with van der Waals surface area (Å²) in [6, 6.07) is 0. The molecule has 1 aromatic rings. The Morgan fingerprint density at radius 2 is 2.40 bits per heavy atom. The quantitative estimate of drug-likeness (QED) is 0.715. The molecule has 0 aliphatic carbocycles. The standard InChI is InChI=1S/C9H17N3O2S/c1-12(2)5-8-4-11-9(15-8)14-6-7(13)3-10/h4,7,13H,3,5-6,10H2,1-2H3. The number of rotatable bonds is 6. The molecule has 0 saturated heterocycles. The molecular formula is C9H17N3O2S. The van der Waals surface area contributed by atoms with Crippen molar-refractivity contribution in [1.82, 2.24) is 9.88 Å². The van der Waals surface area contributed by atoms with Crippen LogP contribution in [0.5, 0.6) is 5.19 Å². The highest BCUT2D eigenvalue weighted by atomic mass is 32.1. The van der Waals surface area contributed by atoms with E-state index in [9.17, 15) is 5.11 Å². The second kappa shape index (κ2) is 6.02. The third-order valence-corrected chi connectivity index (χ3v) is 2.57. The molecular weight excluding hydrogens is 214 g/mol. The second-order valence-corrected chi connectivity index (χ2v) is 4.61. The van der Waals surface area contributed by atoms with E-state index < -0.39 is 6.10 Å². The first-order valence-corrected chi connectivity index (χ1v) is 5.54. The summed E-state index contributed by atoms with van der Waals surface area (Å²) in [5, 5.41) is 9.77. The van der Waals surface area contributed by atoms with Crippen LogP contribution in [-0.2, 0) is 6.54 Å². The van der Waals surface area contributed by atoms with Crippen LogP contribution in [0.1, 0.15) is 4.88 Å². The number of thiazole rings is 1. The van der Waals surface area contributed by atoms with Gasteiger partial charge in [-0.2, -0.15) is 0 Å². The monoisotopic (exact) mass is 231 g/mol. The van der Waals surface area contributed by atoms with Gasteiger partial charge in [-0.3, -0.25) is 0 Å². The van der Waals surface area contributed by atoms with Crippen LogP contribution in [0.3, 0.4) is 0 Å². The van der Waals surface area contributed by atoms with Gasteiger partial charge in [-0.25, -0.2) is 4.98 Å². The minimum atomic E-state index is -0.619. The smallest absolute Gasteiger partial charge is 0.273 e. The Balaban J connectivity index is 2.39. The summed E-state index contributed by atoms with van der Waals surface area (Å²) >= 11 is 1.49. The number of hydrogen-bond donors (Lipinski definition) is 2. The van der Waals surface area contributed by atoms with Crippen LogP contribution in [0.15, 0.2) is 6.20 Å². The van der Waals surface area contributed by atoms with E-state index in [2.05, 4.69) is 9.88 Å². The summed E-state index contributed by atoms with van der Waals surface area (Å²) in [5.74, 6) is 0. The summed E-state index contributed by atoms with van der Waals surface area (Å²) in [7, 11) is 4.00. The van der Waals surface area contributed by atoms with Gasteiger partial charge in [0.25, 0.3) is 5.19 Å². The zero-order chi connectivity index (χ0) is 11.3. The molecule has 0 aromatic carbocycles. The van der Waals surface area contributed by atoms with Gasteiger partial charge < -0.3 is 20.5 Å². The molecule has 0 amide bonds. The minimum absolute atomic E-state index is 0.200. The van der Waals surface area contributed by atoms with Crippen molar-refractivity contribution in [2.75, 3.05) is 27.2 Å². The van der Waals surface area contributed by atoms with Crippen LogP contribution in [0.2, 0.25) is 0 Å². The van der Waals surface area contributed by atoms with Crippen molar-refractivity contribution in [1.29, 1.82) is 0 Å². The molecule has 0 spiro atoms. The van der Waals surface area contributed by atoms with Crippen molar-refractivity contribution >= 4 is 11.3 Å². The molecule has 0 aliphatic heterocycles. The zero-order valence-corrected chi connectivity index (χ0v) is 9.83. The first-order valence-electron chi connectivity index (χ1n) is 4.72. The molecule has 0 fully saturated rings. The number of hydrogen-bond acceptors (Lipinski definition) is 6. The Bertz CT molecular complexity index is 291. The Hall–Kier alpha value is -0.690. The van der Waals surface area contributed by atoms with Crippen molar-refractivity contribution in [3.63, 3.8) is 0 Å². The maximum atomic E-state index is 9.19. The lowest BCUT2D eigenvalue weighted by Crippen LogP contribution is -2.26. The molecule has 1 heterocycles. The van der Waals surface area contributed by atoms with Crippen LogP contribution >= 0.6 is 11.3 Å². The first-order chi connectivity index (χ1) is 7.11. The van der Waals surface area contributed by atoms with Gasteiger partial charge in [-0.1, -0.05) is 11.3 Å². The number of aliphatic hydroxyl groups is 1. The third-order valence-electron chi connectivity index (χ3n) is 1.68. The number of nitrogens with two attached hydrogens (primary N) is 1. The minimum Gasteiger partial charge on any atom is -0.467 e. The van der Waals surface area contributed by atoms with Crippen molar-refractivity contribution < 1.29 is 9.84 Å². The van der Waals surface area contributed by atoms with Crippen LogP contribution in [0.4, 0.5) is 0 Å². The highest BCUT2D eigenvalue weighted by Crippen LogP contribution is 2.21. The molecule has 0 aliphatic rings. The first kappa shape index (κ1) is 12.4. The molecule has 1 atom stereocenters. The number of ether oxygens (including phenoxy) is 1. The van der Waals surface area contributed by atoms with Crippen molar-refractivity contribution in [2.24, 2.45) is 5.73 Å². The van der Waals surface area contributed by atoms with E-state index in [1.807, 2.05) is 14.1 Å². The van der Waals surface area contributed by atoms with Crippen molar-refractivity contribution in [3.8, 4) is 5.19 Å². The maximum Gasteiger partial charge on any atom is 0.273 e. The van der Waals surface area contributed by atoms with Crippen LogP contribution in [-0.4, -0.2) is 48.3 Å². The lowest BCUT2D eigenvalue weighted by Gasteiger charge is -2.07. The second-order valence-electron chi connectivity index (χ2n) is 3.53. The fraction of sp³-hybridized carbons (Fsp3) is 0.667. The lowest BCUT2D eigenvalue weighted by atomic mass is 10.4. The lowest BCUT2D eigenvalue weighted by molar-refractivity contribution is 0.114. The molecule has 1 aromatic heterocycles. The van der Waals surface area contributed by atoms with Crippen molar-refractivity contribution in [2.45, 2.75) is 12.6 Å². The van der Waals surface area contributed by atoms with E-state index in [1.165, 1.54) is 11.3 Å². The van der Waals surface area contributed by atoms with Gasteiger partial charge in [0.1, 0.15) is 12.7 Å². The van der Waals surface area contributed by atoms with Gasteiger partial charge in [-0.05, 0) is 14.1 Å². The molecule has 6 heteroatoms. The molecule has 0 radical (unpaired) electrons. The SMILES string of the molecule is CN(C)Cc1cnc(OCC(O)CN)s1. The van der Waals surface area contributed by atoms with Gasteiger partial charge in [0.05, 0.1) is 0 Å². The number of aromatic nitrogens is 1. The predicted molar refractivity (Wildman–Crippen MR) is 60.1 cm³/mol. The van der Waals surface area contributed by atoms with E-state index in [0.717, 1.165) is 11.4 Å². The Morgan fingerprint density at radius 3 is 3.00 bits per heavy atom. The average molecular weight is 231 g/mol. The van der Waals surface area contributed by atoms with Crippen LogP contribution in [0.25, 0.3) is 0 Å². The molecule has 5 nitrogen and oxygen atoms in total. The summed E-state index contributed by atoms with van der Waals surface area (Å²) < 4.78 is 5.28. The summed E-state index contributed by atoms with van der Waals surface area (Å²) in [6.07, 6.45) is 1.17. The normalized spacial score (nSPS) is 13.1. The number of aliphatic hydroxyl groups excluding tert-OH is 1. The highest BCUT2D eigenvalue weighted by molar-refractivity contribution is 7.13. The fourth-order valence-corrected chi connectivity index (χ4v) is 1.86. The fourth-order valence-electron chi connectivity index (χ4n) is 0.977. The van der Waals surface area contributed by atoms with E-state index in [0.29, 0.717) is 5.19 Å². The van der Waals surface area contributed by atoms with Crippen molar-refractivity contribution in [3.05, 3.63) is 11.1 Å². The Labute approximate surface area is 93.5 Å². The van der Waals surface area contributed by atoms with E-state index >= 15 is 0 Å². The zero-order valence-electron chi connectivity index (χ0n) is 9.01. The average Bonchev–Trinajstić information content (AvgIpc) is 2.61.